The Bertz CT molecular complexity index is 433. The van der Waals surface area contributed by atoms with Gasteiger partial charge in [-0.05, 0) is 25.1 Å². The van der Waals surface area contributed by atoms with Crippen molar-refractivity contribution >= 4 is 23.5 Å². The van der Waals surface area contributed by atoms with Gasteiger partial charge in [-0.25, -0.2) is 0 Å². The van der Waals surface area contributed by atoms with Crippen molar-refractivity contribution in [3.63, 3.8) is 0 Å². The fraction of sp³-hybridized carbons (Fsp3) is 0.200. The van der Waals surface area contributed by atoms with Crippen LogP contribution < -0.4 is 5.32 Å². The molecule has 0 spiro atoms. The number of carbonyl (C=O) groups excluding carboxylic acids is 1. The third kappa shape index (κ3) is 2.87. The molecule has 0 unspecified atom stereocenters. The van der Waals surface area contributed by atoms with Gasteiger partial charge in [0.15, 0.2) is 0 Å². The van der Waals surface area contributed by atoms with Crippen molar-refractivity contribution in [3.8, 4) is 5.75 Å². The molecule has 0 radical (unpaired) electrons. The minimum atomic E-state index is -1.15. The molecule has 86 valence electrons. The number of phenols is 1. The molecule has 0 heterocycles. The summed E-state index contributed by atoms with van der Waals surface area (Å²) in [5.41, 5.74) is 0.0368. The molecule has 0 aromatic heterocycles. The maximum Gasteiger partial charge on any atom is 0.325 e. The molecule has 1 rings (SSSR count). The van der Waals surface area contributed by atoms with Crippen molar-refractivity contribution in [3.05, 3.63) is 28.8 Å². The number of benzene rings is 1. The lowest BCUT2D eigenvalue weighted by Gasteiger charge is -2.10. The Labute approximate surface area is 96.7 Å². The van der Waals surface area contributed by atoms with Crippen LogP contribution in [0.3, 0.4) is 0 Å². The summed E-state index contributed by atoms with van der Waals surface area (Å²) < 4.78 is 0. The highest BCUT2D eigenvalue weighted by Gasteiger charge is 2.17. The minimum absolute atomic E-state index is 0.0368. The first-order chi connectivity index (χ1) is 7.41. The van der Waals surface area contributed by atoms with Crippen molar-refractivity contribution in [2.75, 3.05) is 0 Å². The van der Waals surface area contributed by atoms with Crippen molar-refractivity contribution in [1.29, 1.82) is 0 Å². The fourth-order valence-corrected chi connectivity index (χ4v) is 1.23. The van der Waals surface area contributed by atoms with Crippen LogP contribution in [0.15, 0.2) is 18.2 Å². The molecule has 0 aliphatic heterocycles. The molecule has 3 N–H and O–H groups in total. The average Bonchev–Trinajstić information content (AvgIpc) is 2.21. The maximum atomic E-state index is 11.6. The van der Waals surface area contributed by atoms with E-state index < -0.39 is 17.9 Å². The van der Waals surface area contributed by atoms with Crippen molar-refractivity contribution in [2.45, 2.75) is 13.0 Å². The molecule has 5 nitrogen and oxygen atoms in total. The molecule has 0 aliphatic carbocycles. The first kappa shape index (κ1) is 12.3. The van der Waals surface area contributed by atoms with E-state index in [1.165, 1.54) is 25.1 Å². The predicted molar refractivity (Wildman–Crippen MR) is 57.7 cm³/mol. The van der Waals surface area contributed by atoms with Crippen molar-refractivity contribution in [2.24, 2.45) is 0 Å². The summed E-state index contributed by atoms with van der Waals surface area (Å²) in [7, 11) is 0. The van der Waals surface area contributed by atoms with Gasteiger partial charge in [0.05, 0.1) is 10.6 Å². The average molecular weight is 244 g/mol. The third-order valence-electron chi connectivity index (χ3n) is 1.91. The number of carboxylic acids is 1. The molecule has 0 aliphatic rings. The van der Waals surface area contributed by atoms with Gasteiger partial charge in [0, 0.05) is 0 Å². The van der Waals surface area contributed by atoms with Crippen LogP contribution in [0.4, 0.5) is 0 Å². The molecule has 1 aromatic rings. The molecule has 1 amide bonds. The number of aliphatic carboxylic acids is 1. The molecule has 6 heteroatoms. The Hall–Kier alpha value is -1.75. The smallest absolute Gasteiger partial charge is 0.325 e. The SMILES string of the molecule is C[C@H](NC(=O)c1cc(O)ccc1Cl)C(=O)O. The van der Waals surface area contributed by atoms with Gasteiger partial charge >= 0.3 is 5.97 Å². The third-order valence-corrected chi connectivity index (χ3v) is 2.24. The van der Waals surface area contributed by atoms with Gasteiger partial charge in [0.2, 0.25) is 0 Å². The number of carboxylic acid groups (broad SMARTS) is 1. The van der Waals surface area contributed by atoms with Crippen LogP contribution in [0.2, 0.25) is 5.02 Å². The summed E-state index contributed by atoms with van der Waals surface area (Å²) in [6, 6.07) is 2.84. The van der Waals surface area contributed by atoms with E-state index >= 15 is 0 Å². The fourth-order valence-electron chi connectivity index (χ4n) is 1.02. The van der Waals surface area contributed by atoms with E-state index in [4.69, 9.17) is 16.7 Å². The molecule has 0 bridgehead atoms. The molecular weight excluding hydrogens is 234 g/mol. The van der Waals surface area contributed by atoms with Gasteiger partial charge in [-0.15, -0.1) is 0 Å². The number of rotatable bonds is 3. The Kier molecular flexibility index (Phi) is 3.73. The molecule has 0 saturated carbocycles. The van der Waals surface area contributed by atoms with Crippen LogP contribution in [0.1, 0.15) is 17.3 Å². The Morgan fingerprint density at radius 2 is 2.06 bits per heavy atom. The van der Waals surface area contributed by atoms with E-state index in [9.17, 15) is 14.7 Å². The van der Waals surface area contributed by atoms with E-state index in [-0.39, 0.29) is 16.3 Å². The molecule has 0 fully saturated rings. The highest BCUT2D eigenvalue weighted by molar-refractivity contribution is 6.33. The van der Waals surface area contributed by atoms with E-state index in [2.05, 4.69) is 5.32 Å². The lowest BCUT2D eigenvalue weighted by atomic mass is 10.2. The molecule has 16 heavy (non-hydrogen) atoms. The second kappa shape index (κ2) is 4.85. The number of amides is 1. The molecular formula is C10H10ClNO4. The Morgan fingerprint density at radius 3 is 2.62 bits per heavy atom. The molecule has 0 saturated heterocycles. The van der Waals surface area contributed by atoms with Gasteiger partial charge in [-0.2, -0.15) is 0 Å². The zero-order valence-corrected chi connectivity index (χ0v) is 9.15. The quantitative estimate of drug-likeness (QED) is 0.746. The topological polar surface area (TPSA) is 86.6 Å². The summed E-state index contributed by atoms with van der Waals surface area (Å²) >= 11 is 5.73. The van der Waals surface area contributed by atoms with Crippen molar-refractivity contribution in [1.82, 2.24) is 5.32 Å². The van der Waals surface area contributed by atoms with Gasteiger partial charge in [0.25, 0.3) is 5.91 Å². The van der Waals surface area contributed by atoms with Gasteiger partial charge in [-0.3, -0.25) is 9.59 Å². The summed E-state index contributed by atoms with van der Waals surface area (Å²) in [4.78, 5) is 22.1. The Balaban J connectivity index is 2.88. The zero-order chi connectivity index (χ0) is 12.3. The highest BCUT2D eigenvalue weighted by atomic mass is 35.5. The number of aromatic hydroxyl groups is 1. The number of carbonyl (C=O) groups is 2. The lowest BCUT2D eigenvalue weighted by molar-refractivity contribution is -0.138. The molecule has 1 atom stereocenters. The van der Waals surface area contributed by atoms with Crippen molar-refractivity contribution < 1.29 is 19.8 Å². The van der Waals surface area contributed by atoms with Crippen LogP contribution in [0.5, 0.6) is 5.75 Å². The second-order valence-corrected chi connectivity index (χ2v) is 3.60. The normalized spacial score (nSPS) is 11.9. The maximum absolute atomic E-state index is 11.6. The summed E-state index contributed by atoms with van der Waals surface area (Å²) in [6.45, 7) is 1.33. The van der Waals surface area contributed by atoms with Crippen LogP contribution in [-0.2, 0) is 4.79 Å². The number of hydrogen-bond acceptors (Lipinski definition) is 3. The van der Waals surface area contributed by atoms with Gasteiger partial charge in [0.1, 0.15) is 11.8 Å². The summed E-state index contributed by atoms with van der Waals surface area (Å²) in [5.74, 6) is -1.90. The van der Waals surface area contributed by atoms with E-state index in [0.717, 1.165) is 0 Å². The first-order valence-electron chi connectivity index (χ1n) is 4.44. The van der Waals surface area contributed by atoms with Crippen LogP contribution in [-0.4, -0.2) is 28.1 Å². The van der Waals surface area contributed by atoms with E-state index in [0.29, 0.717) is 0 Å². The summed E-state index contributed by atoms with van der Waals surface area (Å²) in [6.07, 6.45) is 0. The largest absolute Gasteiger partial charge is 0.508 e. The number of halogens is 1. The zero-order valence-electron chi connectivity index (χ0n) is 8.40. The van der Waals surface area contributed by atoms with Gasteiger partial charge in [-0.1, -0.05) is 11.6 Å². The molecule has 1 aromatic carbocycles. The Morgan fingerprint density at radius 1 is 1.44 bits per heavy atom. The monoisotopic (exact) mass is 243 g/mol. The van der Waals surface area contributed by atoms with Gasteiger partial charge < -0.3 is 15.5 Å². The highest BCUT2D eigenvalue weighted by Crippen LogP contribution is 2.20. The number of hydrogen-bond donors (Lipinski definition) is 3. The van der Waals surface area contributed by atoms with Crippen LogP contribution in [0, 0.1) is 0 Å². The number of nitrogens with one attached hydrogen (secondary N) is 1. The second-order valence-electron chi connectivity index (χ2n) is 3.20. The number of phenolic OH excluding ortho intramolecular Hbond substituents is 1. The van der Waals surface area contributed by atoms with E-state index in [1.807, 2.05) is 0 Å². The van der Waals surface area contributed by atoms with Crippen LogP contribution >= 0.6 is 11.6 Å². The minimum Gasteiger partial charge on any atom is -0.508 e. The first-order valence-corrected chi connectivity index (χ1v) is 4.82. The lowest BCUT2D eigenvalue weighted by Crippen LogP contribution is -2.38. The standard InChI is InChI=1S/C10H10ClNO4/c1-5(10(15)16)12-9(14)7-4-6(13)2-3-8(7)11/h2-5,13H,1H3,(H,12,14)(H,15,16)/t5-/m0/s1. The van der Waals surface area contributed by atoms with E-state index in [1.54, 1.807) is 0 Å². The predicted octanol–water partition coefficient (Wildman–Crippen LogP) is 1.25. The van der Waals surface area contributed by atoms with Crippen LogP contribution in [0.25, 0.3) is 0 Å². The summed E-state index contributed by atoms with van der Waals surface area (Å²) in [5, 5.41) is 20.2.